The summed E-state index contributed by atoms with van der Waals surface area (Å²) in [7, 11) is 0. The lowest BCUT2D eigenvalue weighted by Crippen LogP contribution is -2.42. The van der Waals surface area contributed by atoms with Gasteiger partial charge in [0.05, 0.1) is 12.2 Å². The monoisotopic (exact) mass is 296 g/mol. The summed E-state index contributed by atoms with van der Waals surface area (Å²) in [5, 5.41) is 0. The summed E-state index contributed by atoms with van der Waals surface area (Å²) in [6.07, 6.45) is -0.0464. The fourth-order valence-electron chi connectivity index (χ4n) is 2.66. The molecule has 1 unspecified atom stereocenters. The van der Waals surface area contributed by atoms with E-state index in [-0.39, 0.29) is 12.0 Å². The van der Waals surface area contributed by atoms with Gasteiger partial charge in [-0.1, -0.05) is 23.8 Å². The van der Waals surface area contributed by atoms with E-state index in [0.717, 1.165) is 22.6 Å². The van der Waals surface area contributed by atoms with Crippen LogP contribution in [0.2, 0.25) is 0 Å². The molecule has 114 valence electrons. The van der Waals surface area contributed by atoms with Crippen molar-refractivity contribution >= 4 is 11.6 Å². The SMILES string of the molecule is Cc1ccc(C(=O)N2CC(C)Oc3cc(CN)ccc32)cc1. The Hall–Kier alpha value is -2.33. The molecule has 22 heavy (non-hydrogen) atoms. The lowest BCUT2D eigenvalue weighted by atomic mass is 10.1. The van der Waals surface area contributed by atoms with Crippen LogP contribution in [0.15, 0.2) is 42.5 Å². The number of fused-ring (bicyclic) bond motifs is 1. The molecule has 0 bridgehead atoms. The van der Waals surface area contributed by atoms with E-state index in [1.54, 1.807) is 4.90 Å². The molecule has 0 spiro atoms. The minimum Gasteiger partial charge on any atom is -0.487 e. The van der Waals surface area contributed by atoms with E-state index in [4.69, 9.17) is 10.5 Å². The summed E-state index contributed by atoms with van der Waals surface area (Å²) in [4.78, 5) is 14.6. The fourth-order valence-corrected chi connectivity index (χ4v) is 2.66. The Morgan fingerprint density at radius 1 is 1.27 bits per heavy atom. The first kappa shape index (κ1) is 14.6. The number of amides is 1. The quantitative estimate of drug-likeness (QED) is 0.927. The molecule has 2 aromatic rings. The smallest absolute Gasteiger partial charge is 0.258 e. The highest BCUT2D eigenvalue weighted by atomic mass is 16.5. The van der Waals surface area contributed by atoms with Crippen molar-refractivity contribution in [3.63, 3.8) is 0 Å². The zero-order valence-electron chi connectivity index (χ0n) is 12.9. The number of carbonyl (C=O) groups is 1. The van der Waals surface area contributed by atoms with Gasteiger partial charge in [0, 0.05) is 12.1 Å². The molecule has 0 saturated heterocycles. The standard InChI is InChI=1S/C18H20N2O2/c1-12-3-6-15(7-4-12)18(21)20-11-13(2)22-17-9-14(10-19)5-8-16(17)20/h3-9,13H,10-11,19H2,1-2H3. The Morgan fingerprint density at radius 2 is 2.00 bits per heavy atom. The van der Waals surface area contributed by atoms with Crippen LogP contribution < -0.4 is 15.4 Å². The van der Waals surface area contributed by atoms with Crippen LogP contribution in [-0.2, 0) is 6.54 Å². The largest absolute Gasteiger partial charge is 0.487 e. The number of hydrogen-bond acceptors (Lipinski definition) is 3. The summed E-state index contributed by atoms with van der Waals surface area (Å²) in [6.45, 7) is 4.97. The molecule has 1 amide bonds. The van der Waals surface area contributed by atoms with Gasteiger partial charge in [-0.15, -0.1) is 0 Å². The highest BCUT2D eigenvalue weighted by Crippen LogP contribution is 2.35. The molecule has 3 rings (SSSR count). The topological polar surface area (TPSA) is 55.6 Å². The third-order valence-corrected chi connectivity index (χ3v) is 3.86. The number of hydrogen-bond donors (Lipinski definition) is 1. The number of rotatable bonds is 2. The van der Waals surface area contributed by atoms with Crippen LogP contribution in [0.3, 0.4) is 0 Å². The van der Waals surface area contributed by atoms with E-state index in [1.807, 2.05) is 56.3 Å². The van der Waals surface area contributed by atoms with Gasteiger partial charge in [0.15, 0.2) is 0 Å². The Kier molecular flexibility index (Phi) is 3.86. The molecular weight excluding hydrogens is 276 g/mol. The van der Waals surface area contributed by atoms with Crippen molar-refractivity contribution in [3.05, 3.63) is 59.2 Å². The van der Waals surface area contributed by atoms with E-state index < -0.39 is 0 Å². The lowest BCUT2D eigenvalue weighted by molar-refractivity contribution is 0.0961. The molecule has 4 heteroatoms. The van der Waals surface area contributed by atoms with Crippen LogP contribution >= 0.6 is 0 Å². The third-order valence-electron chi connectivity index (χ3n) is 3.86. The number of ether oxygens (including phenoxy) is 1. The van der Waals surface area contributed by atoms with Crippen molar-refractivity contribution in [2.24, 2.45) is 5.73 Å². The van der Waals surface area contributed by atoms with Gasteiger partial charge in [-0.05, 0) is 43.7 Å². The maximum absolute atomic E-state index is 12.8. The average molecular weight is 296 g/mol. The summed E-state index contributed by atoms with van der Waals surface area (Å²) in [6, 6.07) is 13.4. The van der Waals surface area contributed by atoms with Gasteiger partial charge in [-0.25, -0.2) is 0 Å². The van der Waals surface area contributed by atoms with Crippen LogP contribution in [0.25, 0.3) is 0 Å². The molecular formula is C18H20N2O2. The summed E-state index contributed by atoms with van der Waals surface area (Å²) < 4.78 is 5.86. The number of nitrogens with two attached hydrogens (primary N) is 1. The maximum atomic E-state index is 12.8. The van der Waals surface area contributed by atoms with E-state index in [9.17, 15) is 4.79 Å². The van der Waals surface area contributed by atoms with E-state index in [2.05, 4.69) is 0 Å². The van der Waals surface area contributed by atoms with E-state index in [1.165, 1.54) is 0 Å². The lowest BCUT2D eigenvalue weighted by Gasteiger charge is -2.33. The molecule has 0 radical (unpaired) electrons. The molecule has 0 fully saturated rings. The number of benzene rings is 2. The Morgan fingerprint density at radius 3 is 2.68 bits per heavy atom. The van der Waals surface area contributed by atoms with Crippen molar-refractivity contribution in [1.29, 1.82) is 0 Å². The van der Waals surface area contributed by atoms with Gasteiger partial charge >= 0.3 is 0 Å². The Bertz CT molecular complexity index is 695. The fraction of sp³-hybridized carbons (Fsp3) is 0.278. The van der Waals surface area contributed by atoms with Gasteiger partial charge in [-0.2, -0.15) is 0 Å². The van der Waals surface area contributed by atoms with Crippen molar-refractivity contribution in [2.45, 2.75) is 26.5 Å². The molecule has 2 aromatic carbocycles. The predicted molar refractivity (Wildman–Crippen MR) is 87.3 cm³/mol. The summed E-state index contributed by atoms with van der Waals surface area (Å²) in [5.41, 5.74) is 9.31. The normalized spacial score (nSPS) is 16.9. The van der Waals surface area contributed by atoms with Crippen LogP contribution in [0.4, 0.5) is 5.69 Å². The first-order valence-corrected chi connectivity index (χ1v) is 7.46. The molecule has 0 aromatic heterocycles. The van der Waals surface area contributed by atoms with E-state index >= 15 is 0 Å². The minimum absolute atomic E-state index is 0.00287. The van der Waals surface area contributed by atoms with Crippen LogP contribution in [-0.4, -0.2) is 18.6 Å². The second kappa shape index (κ2) is 5.81. The number of nitrogens with zero attached hydrogens (tertiary/aromatic N) is 1. The maximum Gasteiger partial charge on any atom is 0.258 e. The van der Waals surface area contributed by atoms with Crippen LogP contribution in [0.5, 0.6) is 5.75 Å². The second-order valence-electron chi connectivity index (χ2n) is 5.72. The van der Waals surface area contributed by atoms with Crippen molar-refractivity contribution in [2.75, 3.05) is 11.4 Å². The van der Waals surface area contributed by atoms with Gasteiger partial charge in [-0.3, -0.25) is 4.79 Å². The van der Waals surface area contributed by atoms with E-state index in [0.29, 0.717) is 18.7 Å². The summed E-state index contributed by atoms with van der Waals surface area (Å²) in [5.74, 6) is 0.721. The highest BCUT2D eigenvalue weighted by molar-refractivity contribution is 6.07. The molecule has 1 atom stereocenters. The molecule has 2 N–H and O–H groups in total. The zero-order chi connectivity index (χ0) is 15.7. The Balaban J connectivity index is 1.98. The number of carbonyl (C=O) groups excluding carboxylic acids is 1. The summed E-state index contributed by atoms with van der Waals surface area (Å²) >= 11 is 0. The predicted octanol–water partition coefficient (Wildman–Crippen LogP) is 2.88. The van der Waals surface area contributed by atoms with Gasteiger partial charge in [0.25, 0.3) is 5.91 Å². The van der Waals surface area contributed by atoms with Crippen LogP contribution in [0, 0.1) is 6.92 Å². The van der Waals surface area contributed by atoms with Gasteiger partial charge < -0.3 is 15.4 Å². The molecule has 1 heterocycles. The Labute approximate surface area is 130 Å². The molecule has 0 aliphatic carbocycles. The molecule has 1 aliphatic heterocycles. The van der Waals surface area contributed by atoms with Gasteiger partial charge in [0.2, 0.25) is 0 Å². The van der Waals surface area contributed by atoms with Crippen molar-refractivity contribution in [3.8, 4) is 5.75 Å². The highest BCUT2D eigenvalue weighted by Gasteiger charge is 2.28. The minimum atomic E-state index is -0.0464. The first-order chi connectivity index (χ1) is 10.6. The second-order valence-corrected chi connectivity index (χ2v) is 5.72. The first-order valence-electron chi connectivity index (χ1n) is 7.46. The zero-order valence-corrected chi connectivity index (χ0v) is 12.9. The number of aryl methyl sites for hydroxylation is 1. The molecule has 0 saturated carbocycles. The molecule has 4 nitrogen and oxygen atoms in total. The van der Waals surface area contributed by atoms with Crippen molar-refractivity contribution < 1.29 is 9.53 Å². The average Bonchev–Trinajstić information content (AvgIpc) is 2.53. The third kappa shape index (κ3) is 2.70. The molecule has 1 aliphatic rings. The number of anilines is 1. The van der Waals surface area contributed by atoms with Crippen LogP contribution in [0.1, 0.15) is 28.4 Å². The van der Waals surface area contributed by atoms with Gasteiger partial charge in [0.1, 0.15) is 11.9 Å². The van der Waals surface area contributed by atoms with Crippen molar-refractivity contribution in [1.82, 2.24) is 0 Å².